The second kappa shape index (κ2) is 7.78. The molecule has 0 saturated carbocycles. The number of carbonyl (C=O) groups is 1. The first-order valence-corrected chi connectivity index (χ1v) is 7.80. The van der Waals surface area contributed by atoms with Gasteiger partial charge >= 0.3 is 6.03 Å². The average molecular weight is 316 g/mol. The van der Waals surface area contributed by atoms with Crippen molar-refractivity contribution in [1.82, 2.24) is 20.4 Å². The van der Waals surface area contributed by atoms with E-state index in [0.29, 0.717) is 6.54 Å². The Morgan fingerprint density at radius 1 is 1.26 bits per heavy atom. The number of benzene rings is 1. The van der Waals surface area contributed by atoms with Crippen LogP contribution in [0.25, 0.3) is 5.69 Å². The van der Waals surface area contributed by atoms with Crippen molar-refractivity contribution in [3.63, 3.8) is 0 Å². The molecule has 0 aliphatic rings. The molecule has 1 aromatic heterocycles. The zero-order valence-electron chi connectivity index (χ0n) is 13.8. The third kappa shape index (κ3) is 4.56. The highest BCUT2D eigenvalue weighted by Gasteiger charge is 2.14. The molecule has 1 atom stereocenters. The van der Waals surface area contributed by atoms with Crippen LogP contribution < -0.4 is 10.6 Å². The summed E-state index contributed by atoms with van der Waals surface area (Å²) in [5.74, 6) is 0.260. The zero-order chi connectivity index (χ0) is 16.8. The standard InChI is InChI=1S/C17H24N4O2/c1-12(2)16-14(9-18-17(23)19-13(3)11-22)10-21(20-16)15-7-5-4-6-8-15/h4-8,10,12-13,22H,9,11H2,1-3H3,(H2,18,19,23). The molecule has 0 radical (unpaired) electrons. The van der Waals surface area contributed by atoms with Crippen LogP contribution in [-0.4, -0.2) is 33.6 Å². The van der Waals surface area contributed by atoms with Gasteiger partial charge in [0.15, 0.2) is 0 Å². The van der Waals surface area contributed by atoms with Gasteiger partial charge in [0, 0.05) is 18.3 Å². The number of aliphatic hydroxyl groups is 1. The van der Waals surface area contributed by atoms with E-state index in [9.17, 15) is 4.79 Å². The van der Waals surface area contributed by atoms with Gasteiger partial charge in [-0.2, -0.15) is 5.10 Å². The van der Waals surface area contributed by atoms with Gasteiger partial charge in [0.25, 0.3) is 0 Å². The van der Waals surface area contributed by atoms with Crippen LogP contribution >= 0.6 is 0 Å². The molecule has 2 amide bonds. The molecule has 0 aliphatic heterocycles. The fourth-order valence-corrected chi connectivity index (χ4v) is 2.25. The van der Waals surface area contributed by atoms with Crippen LogP contribution in [0.15, 0.2) is 36.5 Å². The quantitative estimate of drug-likeness (QED) is 0.764. The summed E-state index contributed by atoms with van der Waals surface area (Å²) in [6.45, 7) is 6.21. The molecule has 1 heterocycles. The number of rotatable bonds is 6. The molecule has 6 heteroatoms. The molecular formula is C17H24N4O2. The Balaban J connectivity index is 2.12. The molecule has 124 valence electrons. The second-order valence-corrected chi connectivity index (χ2v) is 5.89. The van der Waals surface area contributed by atoms with Gasteiger partial charge < -0.3 is 15.7 Å². The van der Waals surface area contributed by atoms with E-state index in [1.54, 1.807) is 6.92 Å². The summed E-state index contributed by atoms with van der Waals surface area (Å²) in [4.78, 5) is 11.8. The molecule has 0 fully saturated rings. The van der Waals surface area contributed by atoms with Gasteiger partial charge in [0.2, 0.25) is 0 Å². The summed E-state index contributed by atoms with van der Waals surface area (Å²) in [6, 6.07) is 9.31. The van der Waals surface area contributed by atoms with E-state index in [1.165, 1.54) is 0 Å². The van der Waals surface area contributed by atoms with Gasteiger partial charge in [0.05, 0.1) is 24.0 Å². The lowest BCUT2D eigenvalue weighted by Gasteiger charge is -2.12. The third-order valence-electron chi connectivity index (χ3n) is 3.48. The molecule has 2 aromatic rings. The number of amides is 2. The molecule has 0 bridgehead atoms. The Hall–Kier alpha value is -2.34. The molecule has 0 aliphatic carbocycles. The fourth-order valence-electron chi connectivity index (χ4n) is 2.25. The summed E-state index contributed by atoms with van der Waals surface area (Å²) >= 11 is 0. The van der Waals surface area contributed by atoms with Crippen LogP contribution in [0.4, 0.5) is 4.79 Å². The molecule has 23 heavy (non-hydrogen) atoms. The van der Waals surface area contributed by atoms with Crippen LogP contribution in [0.5, 0.6) is 0 Å². The normalized spacial score (nSPS) is 12.2. The summed E-state index contributed by atoms with van der Waals surface area (Å²) < 4.78 is 1.83. The zero-order valence-corrected chi connectivity index (χ0v) is 13.8. The van der Waals surface area contributed by atoms with E-state index in [0.717, 1.165) is 16.9 Å². The predicted octanol–water partition coefficient (Wildman–Crippen LogP) is 2.18. The number of nitrogens with zero attached hydrogens (tertiary/aromatic N) is 2. The van der Waals surface area contributed by atoms with E-state index < -0.39 is 0 Å². The minimum absolute atomic E-state index is 0.0867. The second-order valence-electron chi connectivity index (χ2n) is 5.89. The highest BCUT2D eigenvalue weighted by atomic mass is 16.3. The first-order chi connectivity index (χ1) is 11.0. The molecule has 6 nitrogen and oxygen atoms in total. The third-order valence-corrected chi connectivity index (χ3v) is 3.48. The van der Waals surface area contributed by atoms with E-state index in [-0.39, 0.29) is 24.6 Å². The summed E-state index contributed by atoms with van der Waals surface area (Å²) in [5, 5.41) is 19.1. The van der Waals surface area contributed by atoms with Gasteiger partial charge in [-0.3, -0.25) is 0 Å². The van der Waals surface area contributed by atoms with Crippen molar-refractivity contribution in [3.8, 4) is 5.69 Å². The number of carbonyl (C=O) groups excluding carboxylic acids is 1. The molecule has 0 saturated heterocycles. The van der Waals surface area contributed by atoms with Crippen molar-refractivity contribution in [2.24, 2.45) is 0 Å². The topological polar surface area (TPSA) is 79.2 Å². The van der Waals surface area contributed by atoms with Gasteiger partial charge in [-0.25, -0.2) is 9.48 Å². The van der Waals surface area contributed by atoms with Crippen LogP contribution in [0.1, 0.15) is 37.9 Å². The minimum atomic E-state index is -0.297. The average Bonchev–Trinajstić information content (AvgIpc) is 2.98. The molecule has 2 rings (SSSR count). The lowest BCUT2D eigenvalue weighted by Crippen LogP contribution is -2.42. The smallest absolute Gasteiger partial charge is 0.315 e. The maximum atomic E-state index is 11.8. The van der Waals surface area contributed by atoms with Crippen LogP contribution in [0.2, 0.25) is 0 Å². The fraction of sp³-hybridized carbons (Fsp3) is 0.412. The largest absolute Gasteiger partial charge is 0.394 e. The summed E-state index contributed by atoms with van der Waals surface area (Å²) in [6.07, 6.45) is 1.94. The Morgan fingerprint density at radius 2 is 1.96 bits per heavy atom. The molecular weight excluding hydrogens is 292 g/mol. The number of para-hydroxylation sites is 1. The van der Waals surface area contributed by atoms with Crippen molar-refractivity contribution in [3.05, 3.63) is 47.8 Å². The lowest BCUT2D eigenvalue weighted by atomic mass is 10.1. The van der Waals surface area contributed by atoms with Gasteiger partial charge in [-0.1, -0.05) is 32.0 Å². The maximum Gasteiger partial charge on any atom is 0.315 e. The summed E-state index contributed by atoms with van der Waals surface area (Å²) in [7, 11) is 0. The first-order valence-electron chi connectivity index (χ1n) is 7.80. The van der Waals surface area contributed by atoms with Crippen molar-refractivity contribution < 1.29 is 9.90 Å². The van der Waals surface area contributed by atoms with Crippen molar-refractivity contribution in [2.75, 3.05) is 6.61 Å². The Morgan fingerprint density at radius 3 is 2.57 bits per heavy atom. The van der Waals surface area contributed by atoms with Crippen molar-refractivity contribution in [2.45, 2.75) is 39.3 Å². The van der Waals surface area contributed by atoms with Crippen molar-refractivity contribution >= 4 is 6.03 Å². The first kappa shape index (κ1) is 17.0. The van der Waals surface area contributed by atoms with E-state index in [1.807, 2.05) is 41.2 Å². The number of nitrogens with one attached hydrogen (secondary N) is 2. The highest BCUT2D eigenvalue weighted by molar-refractivity contribution is 5.74. The van der Waals surface area contributed by atoms with Crippen LogP contribution in [0.3, 0.4) is 0 Å². The maximum absolute atomic E-state index is 11.8. The SMILES string of the molecule is CC(CO)NC(=O)NCc1cn(-c2ccccc2)nc1C(C)C. The Bertz CT molecular complexity index is 637. The van der Waals surface area contributed by atoms with Gasteiger partial charge in [0.1, 0.15) is 0 Å². The predicted molar refractivity (Wildman–Crippen MR) is 89.6 cm³/mol. The molecule has 3 N–H and O–H groups in total. The number of aromatic nitrogens is 2. The Kier molecular flexibility index (Phi) is 5.76. The molecule has 1 aromatic carbocycles. The van der Waals surface area contributed by atoms with E-state index in [2.05, 4.69) is 29.6 Å². The number of aliphatic hydroxyl groups excluding tert-OH is 1. The van der Waals surface area contributed by atoms with E-state index >= 15 is 0 Å². The van der Waals surface area contributed by atoms with Gasteiger partial charge in [-0.05, 0) is 25.0 Å². The van der Waals surface area contributed by atoms with Crippen molar-refractivity contribution in [1.29, 1.82) is 0 Å². The highest BCUT2D eigenvalue weighted by Crippen LogP contribution is 2.19. The molecule has 1 unspecified atom stereocenters. The van der Waals surface area contributed by atoms with E-state index in [4.69, 9.17) is 5.11 Å². The molecule has 0 spiro atoms. The summed E-state index contributed by atoms with van der Waals surface area (Å²) in [5.41, 5.74) is 2.93. The number of hydrogen-bond donors (Lipinski definition) is 3. The lowest BCUT2D eigenvalue weighted by molar-refractivity contribution is 0.220. The minimum Gasteiger partial charge on any atom is -0.394 e. The van der Waals surface area contributed by atoms with Gasteiger partial charge in [-0.15, -0.1) is 0 Å². The number of urea groups is 1. The Labute approximate surface area is 136 Å². The monoisotopic (exact) mass is 316 g/mol. The van der Waals surface area contributed by atoms with Crippen LogP contribution in [-0.2, 0) is 6.54 Å². The van der Waals surface area contributed by atoms with Crippen LogP contribution in [0, 0.1) is 0 Å². The number of hydrogen-bond acceptors (Lipinski definition) is 3.